The van der Waals surface area contributed by atoms with Crippen molar-refractivity contribution in [1.29, 1.82) is 5.26 Å². The number of fused-ring (bicyclic) bond motifs is 1. The molecule has 2 N–H and O–H groups in total. The maximum atomic E-state index is 13.5. The number of pyridine rings is 1. The van der Waals surface area contributed by atoms with Gasteiger partial charge in [-0.1, -0.05) is 11.6 Å². The lowest BCUT2D eigenvalue weighted by Crippen LogP contribution is -2.21. The molecule has 190 valence electrons. The van der Waals surface area contributed by atoms with Crippen LogP contribution in [0.2, 0.25) is 5.02 Å². The van der Waals surface area contributed by atoms with Gasteiger partial charge in [0.2, 0.25) is 0 Å². The third-order valence-electron chi connectivity index (χ3n) is 5.50. The summed E-state index contributed by atoms with van der Waals surface area (Å²) in [6.45, 7) is 1.22. The zero-order valence-corrected chi connectivity index (χ0v) is 20.9. The Hall–Kier alpha value is -3.00. The first kappa shape index (κ1) is 27.6. The van der Waals surface area contributed by atoms with Crippen LogP contribution in [0.4, 0.5) is 13.2 Å². The van der Waals surface area contributed by atoms with E-state index in [0.29, 0.717) is 25.9 Å². The second-order valence-corrected chi connectivity index (χ2v) is 9.64. The van der Waals surface area contributed by atoms with E-state index in [4.69, 9.17) is 16.9 Å². The first-order chi connectivity index (χ1) is 17.0. The number of phenolic OH excluding ortho intramolecular Hbond substituents is 1. The van der Waals surface area contributed by atoms with Crippen molar-refractivity contribution in [3.05, 3.63) is 57.3 Å². The molecule has 0 saturated heterocycles. The third-order valence-corrected chi connectivity index (χ3v) is 6.88. The van der Waals surface area contributed by atoms with E-state index in [9.17, 15) is 27.9 Å². The van der Waals surface area contributed by atoms with Crippen molar-refractivity contribution in [3.63, 3.8) is 0 Å². The summed E-state index contributed by atoms with van der Waals surface area (Å²) in [6.07, 6.45) is -3.43. The standard InChI is InChI=1S/C25H23ClF3N3O3S/c1-32(11-3-9-30)10-2-4-17(33)14-36-23-22(19-13-16(26)6-8-21(19)34)18-12-15(25(27,28)29)5-7-20(18)31-24(23)35/h5-8,12-13,34H,2-4,10-11,14H2,1H3,(H,31,35). The molecule has 0 spiro atoms. The number of rotatable bonds is 10. The number of nitriles is 1. The highest BCUT2D eigenvalue weighted by Gasteiger charge is 2.31. The van der Waals surface area contributed by atoms with Crippen molar-refractivity contribution < 1.29 is 23.1 Å². The summed E-state index contributed by atoms with van der Waals surface area (Å²) in [5, 5.41) is 19.4. The molecule has 0 atom stereocenters. The lowest BCUT2D eigenvalue weighted by atomic mass is 9.98. The van der Waals surface area contributed by atoms with E-state index < -0.39 is 17.3 Å². The molecule has 0 aliphatic heterocycles. The maximum Gasteiger partial charge on any atom is 0.416 e. The van der Waals surface area contributed by atoms with Crippen LogP contribution in [0.5, 0.6) is 5.75 Å². The highest BCUT2D eigenvalue weighted by molar-refractivity contribution is 8.00. The van der Waals surface area contributed by atoms with Crippen molar-refractivity contribution in [3.8, 4) is 22.9 Å². The van der Waals surface area contributed by atoms with Crippen molar-refractivity contribution >= 4 is 40.0 Å². The monoisotopic (exact) mass is 537 g/mol. The van der Waals surface area contributed by atoms with E-state index in [1.807, 2.05) is 11.9 Å². The highest BCUT2D eigenvalue weighted by atomic mass is 35.5. The smallest absolute Gasteiger partial charge is 0.416 e. The summed E-state index contributed by atoms with van der Waals surface area (Å²) < 4.78 is 40.4. The van der Waals surface area contributed by atoms with Crippen molar-refractivity contribution in [2.75, 3.05) is 25.9 Å². The Morgan fingerprint density at radius 1 is 1.22 bits per heavy atom. The summed E-state index contributed by atoms with van der Waals surface area (Å²) in [6, 6.07) is 9.07. The predicted molar refractivity (Wildman–Crippen MR) is 134 cm³/mol. The van der Waals surface area contributed by atoms with Crippen LogP contribution in [0.15, 0.2) is 46.1 Å². The zero-order valence-electron chi connectivity index (χ0n) is 19.3. The van der Waals surface area contributed by atoms with Crippen molar-refractivity contribution in [2.24, 2.45) is 0 Å². The molecule has 0 aliphatic carbocycles. The quantitative estimate of drug-likeness (QED) is 0.314. The van der Waals surface area contributed by atoms with E-state index >= 15 is 0 Å². The molecule has 11 heteroatoms. The molecule has 0 unspecified atom stereocenters. The van der Waals surface area contributed by atoms with Gasteiger partial charge in [-0.15, -0.1) is 11.8 Å². The number of phenols is 1. The summed E-state index contributed by atoms with van der Waals surface area (Å²) in [5.41, 5.74) is -1.19. The summed E-state index contributed by atoms with van der Waals surface area (Å²) in [5.74, 6) is -0.486. The Labute approximate surface area is 214 Å². The van der Waals surface area contributed by atoms with Crippen molar-refractivity contribution in [2.45, 2.75) is 30.3 Å². The topological polar surface area (TPSA) is 97.2 Å². The van der Waals surface area contributed by atoms with E-state index in [1.165, 1.54) is 18.2 Å². The van der Waals surface area contributed by atoms with E-state index in [0.717, 1.165) is 30.0 Å². The second kappa shape index (κ2) is 11.8. The van der Waals surface area contributed by atoms with Gasteiger partial charge in [-0.05, 0) is 56.4 Å². The molecule has 0 fully saturated rings. The largest absolute Gasteiger partial charge is 0.507 e. The Morgan fingerprint density at radius 2 is 1.97 bits per heavy atom. The molecule has 1 heterocycles. The second-order valence-electron chi connectivity index (χ2n) is 8.22. The number of thioether (sulfide) groups is 1. The molecule has 0 amide bonds. The maximum absolute atomic E-state index is 13.5. The summed E-state index contributed by atoms with van der Waals surface area (Å²) >= 11 is 7.00. The SMILES string of the molecule is CN(CCC#N)CCCC(=O)CSc1c(-c2cc(Cl)ccc2O)c2cc(C(F)(F)F)ccc2[nH]c1=O. The van der Waals surface area contributed by atoms with Gasteiger partial charge in [-0.3, -0.25) is 9.59 Å². The van der Waals surface area contributed by atoms with Gasteiger partial charge in [0.1, 0.15) is 11.5 Å². The summed E-state index contributed by atoms with van der Waals surface area (Å²) in [4.78, 5) is 30.0. The van der Waals surface area contributed by atoms with Gasteiger partial charge in [0.15, 0.2) is 0 Å². The van der Waals surface area contributed by atoms with E-state index in [1.54, 1.807) is 0 Å². The number of nitrogens with one attached hydrogen (secondary N) is 1. The molecule has 6 nitrogen and oxygen atoms in total. The van der Waals surface area contributed by atoms with Gasteiger partial charge >= 0.3 is 6.18 Å². The van der Waals surface area contributed by atoms with Crippen LogP contribution in [0.1, 0.15) is 24.8 Å². The number of Topliss-reactive ketones (excluding diaryl/α,β-unsaturated/α-hetero) is 1. The van der Waals surface area contributed by atoms with Gasteiger partial charge < -0.3 is 15.0 Å². The number of ketones is 1. The van der Waals surface area contributed by atoms with Gasteiger partial charge in [0.05, 0.1) is 22.3 Å². The fraction of sp³-hybridized carbons (Fsp3) is 0.320. The number of H-pyrrole nitrogens is 1. The number of alkyl halides is 3. The Kier molecular flexibility index (Phi) is 9.06. The molecule has 0 saturated carbocycles. The van der Waals surface area contributed by atoms with Gasteiger partial charge in [0.25, 0.3) is 5.56 Å². The van der Waals surface area contributed by atoms with Crippen LogP contribution in [0.3, 0.4) is 0 Å². The van der Waals surface area contributed by atoms with Crippen LogP contribution in [0, 0.1) is 11.3 Å². The first-order valence-electron chi connectivity index (χ1n) is 11.0. The molecule has 1 aromatic heterocycles. The predicted octanol–water partition coefficient (Wildman–Crippen LogP) is 5.86. The van der Waals surface area contributed by atoms with E-state index in [2.05, 4.69) is 11.1 Å². The number of nitrogens with zero attached hydrogens (tertiary/aromatic N) is 2. The Balaban J connectivity index is 1.97. The number of halogens is 4. The minimum Gasteiger partial charge on any atom is -0.507 e. The number of hydrogen-bond acceptors (Lipinski definition) is 6. The number of benzene rings is 2. The number of carbonyl (C=O) groups is 1. The molecule has 3 rings (SSSR count). The molecular formula is C25H23ClF3N3O3S. The Morgan fingerprint density at radius 3 is 2.67 bits per heavy atom. The molecule has 0 aliphatic rings. The molecule has 36 heavy (non-hydrogen) atoms. The number of aromatic amines is 1. The minimum atomic E-state index is -4.62. The molecule has 2 aromatic carbocycles. The summed E-state index contributed by atoms with van der Waals surface area (Å²) in [7, 11) is 1.85. The van der Waals surface area contributed by atoms with Crippen LogP contribution >= 0.6 is 23.4 Å². The van der Waals surface area contributed by atoms with Gasteiger partial charge in [0, 0.05) is 46.4 Å². The first-order valence-corrected chi connectivity index (χ1v) is 12.3. The van der Waals surface area contributed by atoms with Crippen LogP contribution in [-0.4, -0.2) is 46.7 Å². The number of hydrogen-bond donors (Lipinski definition) is 2. The zero-order chi connectivity index (χ0) is 26.5. The number of carbonyl (C=O) groups excluding carboxylic acids is 1. The van der Waals surface area contributed by atoms with Crippen LogP contribution < -0.4 is 5.56 Å². The third kappa shape index (κ3) is 6.81. The molecule has 0 radical (unpaired) electrons. The fourth-order valence-corrected chi connectivity index (χ4v) is 4.86. The average Bonchev–Trinajstić information content (AvgIpc) is 2.81. The normalized spacial score (nSPS) is 11.7. The fourth-order valence-electron chi connectivity index (χ4n) is 3.69. The van der Waals surface area contributed by atoms with Crippen LogP contribution in [0.25, 0.3) is 22.0 Å². The van der Waals surface area contributed by atoms with Gasteiger partial charge in [-0.2, -0.15) is 18.4 Å². The van der Waals surface area contributed by atoms with Crippen molar-refractivity contribution in [1.82, 2.24) is 9.88 Å². The highest BCUT2D eigenvalue weighted by Crippen LogP contribution is 2.42. The Bertz CT molecular complexity index is 1370. The lowest BCUT2D eigenvalue weighted by molar-refractivity contribution is -0.137. The number of aromatic nitrogens is 1. The van der Waals surface area contributed by atoms with Gasteiger partial charge in [-0.25, -0.2) is 0 Å². The average molecular weight is 538 g/mol. The van der Waals surface area contributed by atoms with E-state index in [-0.39, 0.29) is 55.7 Å². The lowest BCUT2D eigenvalue weighted by Gasteiger charge is -2.16. The molecular weight excluding hydrogens is 515 g/mol. The minimum absolute atomic E-state index is 0.0129. The number of aromatic hydroxyl groups is 1. The van der Waals surface area contributed by atoms with Crippen LogP contribution in [-0.2, 0) is 11.0 Å². The molecule has 3 aromatic rings. The molecule has 0 bridgehead atoms.